The van der Waals surface area contributed by atoms with Gasteiger partial charge in [-0.3, -0.25) is 9.58 Å². The average Bonchev–Trinajstić information content (AvgIpc) is 3.48. The van der Waals surface area contributed by atoms with Gasteiger partial charge in [-0.1, -0.05) is 12.1 Å². The molecule has 2 fully saturated rings. The van der Waals surface area contributed by atoms with E-state index in [0.29, 0.717) is 24.0 Å². The van der Waals surface area contributed by atoms with E-state index in [-0.39, 0.29) is 36.7 Å². The molecule has 33 heavy (non-hydrogen) atoms. The van der Waals surface area contributed by atoms with Gasteiger partial charge >= 0.3 is 6.09 Å². The third-order valence-corrected chi connectivity index (χ3v) is 6.22. The topological polar surface area (TPSA) is 77.2 Å². The molecule has 1 N–H and O–H groups in total. The van der Waals surface area contributed by atoms with Crippen molar-refractivity contribution in [2.75, 3.05) is 23.3 Å². The quantitative estimate of drug-likeness (QED) is 0.558. The van der Waals surface area contributed by atoms with Gasteiger partial charge in [0.15, 0.2) is 5.82 Å². The van der Waals surface area contributed by atoms with Crippen molar-refractivity contribution in [3.63, 3.8) is 0 Å². The Balaban J connectivity index is 0.00000153. The van der Waals surface area contributed by atoms with Crippen molar-refractivity contribution in [3.05, 3.63) is 54.6 Å². The maximum atomic E-state index is 13.9. The van der Waals surface area contributed by atoms with E-state index in [9.17, 15) is 9.18 Å². The highest BCUT2D eigenvalue weighted by Crippen LogP contribution is 2.40. The number of aromatic nitrogens is 4. The van der Waals surface area contributed by atoms with Gasteiger partial charge in [-0.05, 0) is 43.7 Å². The van der Waals surface area contributed by atoms with Crippen LogP contribution in [0.25, 0.3) is 5.69 Å². The summed E-state index contributed by atoms with van der Waals surface area (Å²) < 4.78 is 23.0. The molecule has 1 saturated heterocycles. The van der Waals surface area contributed by atoms with Crippen LogP contribution in [0.1, 0.15) is 25.7 Å². The molecule has 11 heteroatoms. The Labute approximate surface area is 203 Å². The molecule has 1 aromatic carbocycles. The molecule has 178 valence electrons. The van der Waals surface area contributed by atoms with Crippen LogP contribution in [0.4, 0.5) is 20.8 Å². The van der Waals surface area contributed by atoms with Crippen LogP contribution in [0.2, 0.25) is 0 Å². The van der Waals surface area contributed by atoms with Crippen LogP contribution in [-0.4, -0.2) is 44.3 Å². The molecule has 0 bridgehead atoms. The lowest BCUT2D eigenvalue weighted by Gasteiger charge is -2.35. The van der Waals surface area contributed by atoms with Gasteiger partial charge < -0.3 is 10.1 Å². The van der Waals surface area contributed by atoms with Crippen LogP contribution in [0.3, 0.4) is 0 Å². The lowest BCUT2D eigenvalue weighted by molar-refractivity contribution is 0.0148. The number of para-hydroxylation sites is 1. The van der Waals surface area contributed by atoms with Gasteiger partial charge in [0.2, 0.25) is 0 Å². The van der Waals surface area contributed by atoms with Gasteiger partial charge in [0.1, 0.15) is 22.9 Å². The van der Waals surface area contributed by atoms with Crippen LogP contribution in [-0.2, 0) is 11.8 Å². The Hall–Kier alpha value is -2.78. The van der Waals surface area contributed by atoms with E-state index in [2.05, 4.69) is 15.5 Å². The first kappa shape index (κ1) is 24.9. The van der Waals surface area contributed by atoms with Crippen molar-refractivity contribution in [1.82, 2.24) is 19.6 Å². The number of hydrogen-bond acceptors (Lipinski definition) is 5. The van der Waals surface area contributed by atoms with Crippen molar-refractivity contribution < 1.29 is 13.9 Å². The van der Waals surface area contributed by atoms with Gasteiger partial charge in [0.05, 0.1) is 6.54 Å². The largest absolute Gasteiger partial charge is 0.441 e. The lowest BCUT2D eigenvalue weighted by atomic mass is 9.78. The minimum Gasteiger partial charge on any atom is -0.441 e. The third kappa shape index (κ3) is 5.09. The fourth-order valence-corrected chi connectivity index (χ4v) is 4.45. The number of nitrogens with one attached hydrogen (secondary N) is 1. The van der Waals surface area contributed by atoms with Gasteiger partial charge in [0.25, 0.3) is 0 Å². The molecule has 1 amide bonds. The summed E-state index contributed by atoms with van der Waals surface area (Å²) in [6, 6.07) is 10.2. The smallest absolute Gasteiger partial charge is 0.416 e. The van der Waals surface area contributed by atoms with Crippen molar-refractivity contribution in [2.45, 2.75) is 31.3 Å². The molecule has 1 aliphatic heterocycles. The van der Waals surface area contributed by atoms with Crippen LogP contribution < -0.4 is 10.2 Å². The third-order valence-electron chi connectivity index (χ3n) is 6.22. The number of halogens is 3. The molecule has 8 nitrogen and oxygen atoms in total. The van der Waals surface area contributed by atoms with E-state index in [1.807, 2.05) is 25.4 Å². The predicted molar refractivity (Wildman–Crippen MR) is 128 cm³/mol. The molecule has 3 aromatic rings. The number of carbonyl (C=O) groups excluding carboxylic acids is 1. The van der Waals surface area contributed by atoms with Gasteiger partial charge in [0, 0.05) is 38.1 Å². The van der Waals surface area contributed by atoms with Crippen molar-refractivity contribution in [2.24, 2.45) is 13.0 Å². The Morgan fingerprint density at radius 2 is 1.88 bits per heavy atom. The number of anilines is 2. The molecule has 0 atom stereocenters. The number of ether oxygens (including phenoxy) is 1. The maximum absolute atomic E-state index is 13.9. The zero-order valence-electron chi connectivity index (χ0n) is 18.2. The summed E-state index contributed by atoms with van der Waals surface area (Å²) in [5.74, 6) is 1.52. The van der Waals surface area contributed by atoms with E-state index in [1.165, 1.54) is 10.7 Å². The molecule has 3 heterocycles. The lowest BCUT2D eigenvalue weighted by Crippen LogP contribution is -2.39. The second-order valence-corrected chi connectivity index (χ2v) is 8.41. The summed E-state index contributed by atoms with van der Waals surface area (Å²) in [5, 5.41) is 12.1. The summed E-state index contributed by atoms with van der Waals surface area (Å²) in [4.78, 5) is 14.0. The molecular formula is C22H27Cl2FN6O2. The predicted octanol–water partition coefficient (Wildman–Crippen LogP) is 4.59. The number of amides is 1. The van der Waals surface area contributed by atoms with Crippen LogP contribution in [0.5, 0.6) is 0 Å². The normalized spacial score (nSPS) is 21.9. The highest BCUT2D eigenvalue weighted by atomic mass is 35.5. The maximum Gasteiger partial charge on any atom is 0.416 e. The van der Waals surface area contributed by atoms with Gasteiger partial charge in [-0.15, -0.1) is 24.8 Å². The second-order valence-electron chi connectivity index (χ2n) is 8.41. The first-order chi connectivity index (χ1) is 15.0. The minimum atomic E-state index is -0.419. The standard InChI is InChI=1S/C22H25FN6O2.2ClH/c1-27-12-9-20(26-27)28-15-22(31-21(28)30)10-6-16(7-11-22)14-24-19-8-13-29(25-19)18-5-3-2-4-17(18)23;;/h2-5,8-9,12-13,16H,6-7,10-11,14-15H2,1H3,(H,24,25);2*1H/t16-,22-;;. The summed E-state index contributed by atoms with van der Waals surface area (Å²) in [5.41, 5.74) is 0.00742. The minimum absolute atomic E-state index is 0. The Kier molecular flexibility index (Phi) is 7.54. The Morgan fingerprint density at radius 1 is 1.12 bits per heavy atom. The molecule has 1 spiro atoms. The Morgan fingerprint density at radius 3 is 2.58 bits per heavy atom. The molecule has 5 rings (SSSR count). The zero-order chi connectivity index (χ0) is 21.4. The summed E-state index contributed by atoms with van der Waals surface area (Å²) in [7, 11) is 1.83. The molecule has 1 saturated carbocycles. The molecule has 0 unspecified atom stereocenters. The summed E-state index contributed by atoms with van der Waals surface area (Å²) in [6.07, 6.45) is 6.85. The molecular weight excluding hydrogens is 470 g/mol. The number of rotatable bonds is 5. The zero-order valence-corrected chi connectivity index (χ0v) is 19.8. The van der Waals surface area contributed by atoms with E-state index >= 15 is 0 Å². The number of aryl methyl sites for hydroxylation is 1. The molecule has 2 aliphatic rings. The highest BCUT2D eigenvalue weighted by Gasteiger charge is 2.48. The Bertz CT molecular complexity index is 1100. The number of benzene rings is 1. The van der Waals surface area contributed by atoms with Gasteiger partial charge in [-0.25, -0.2) is 13.9 Å². The SMILES string of the molecule is Cl.Cl.Cn1ccc(N2C[C@]3(CC[C@@H](CNc4ccn(-c5ccccc5F)n4)CC3)OC2=O)n1. The average molecular weight is 497 g/mol. The first-order valence-corrected chi connectivity index (χ1v) is 10.6. The molecule has 1 aliphatic carbocycles. The second kappa shape index (κ2) is 10.0. The summed E-state index contributed by atoms with van der Waals surface area (Å²) >= 11 is 0. The number of nitrogens with zero attached hydrogens (tertiary/aromatic N) is 5. The van der Waals surface area contributed by atoms with Crippen LogP contribution in [0.15, 0.2) is 48.8 Å². The highest BCUT2D eigenvalue weighted by molar-refractivity contribution is 5.89. The van der Waals surface area contributed by atoms with E-state index in [0.717, 1.165) is 38.0 Å². The van der Waals surface area contributed by atoms with Gasteiger partial charge in [-0.2, -0.15) is 10.2 Å². The first-order valence-electron chi connectivity index (χ1n) is 10.6. The van der Waals surface area contributed by atoms with E-state index in [1.54, 1.807) is 34.0 Å². The molecule has 0 radical (unpaired) electrons. The number of carbonyl (C=O) groups is 1. The van der Waals surface area contributed by atoms with E-state index in [4.69, 9.17) is 4.74 Å². The fourth-order valence-electron chi connectivity index (χ4n) is 4.45. The molecule has 2 aromatic heterocycles. The van der Waals surface area contributed by atoms with E-state index < -0.39 is 5.60 Å². The fraction of sp³-hybridized carbons (Fsp3) is 0.409. The number of hydrogen-bond donors (Lipinski definition) is 1. The van der Waals surface area contributed by atoms with Crippen molar-refractivity contribution >= 4 is 42.5 Å². The summed E-state index contributed by atoms with van der Waals surface area (Å²) in [6.45, 7) is 1.33. The van der Waals surface area contributed by atoms with Crippen LogP contribution in [0, 0.1) is 11.7 Å². The van der Waals surface area contributed by atoms with Crippen molar-refractivity contribution in [3.8, 4) is 5.69 Å². The van der Waals surface area contributed by atoms with Crippen LogP contribution >= 0.6 is 24.8 Å². The van der Waals surface area contributed by atoms with Crippen molar-refractivity contribution in [1.29, 1.82) is 0 Å². The monoisotopic (exact) mass is 496 g/mol.